The van der Waals surface area contributed by atoms with Crippen molar-refractivity contribution in [1.29, 1.82) is 0 Å². The van der Waals surface area contributed by atoms with Crippen LogP contribution in [0.1, 0.15) is 5.69 Å². The number of nitrogens with zero attached hydrogens (tertiary/aromatic N) is 5. The smallest absolute Gasteiger partial charge is 0.324 e. The molecule has 0 aliphatic rings. The predicted molar refractivity (Wildman–Crippen MR) is 123 cm³/mol. The monoisotopic (exact) mass is 505 g/mol. The van der Waals surface area contributed by atoms with Gasteiger partial charge in [0, 0.05) is 17.5 Å². The molecule has 0 aliphatic carbocycles. The van der Waals surface area contributed by atoms with Gasteiger partial charge in [-0.1, -0.05) is 53.5 Å². The van der Waals surface area contributed by atoms with Crippen molar-refractivity contribution in [3.8, 4) is 17.0 Å². The normalized spacial score (nSPS) is 10.4. The van der Waals surface area contributed by atoms with Gasteiger partial charge in [-0.3, -0.25) is 30.3 Å². The van der Waals surface area contributed by atoms with Crippen LogP contribution < -0.4 is 0 Å². The van der Waals surface area contributed by atoms with E-state index in [1.807, 2.05) is 47.9 Å². The molecule has 14 heteroatoms. The number of hydrogen-bond donors (Lipinski definition) is 1. The molecule has 0 unspecified atom stereocenters. The zero-order valence-corrected chi connectivity index (χ0v) is 18.6. The summed E-state index contributed by atoms with van der Waals surface area (Å²) in [4.78, 5) is 32.4. The minimum Gasteiger partial charge on any atom is -0.497 e. The maximum Gasteiger partial charge on any atom is 0.324 e. The van der Waals surface area contributed by atoms with Gasteiger partial charge in [-0.05, 0) is 13.0 Å². The number of aromatic hydroxyl groups is 1. The molecule has 4 rings (SSSR count). The highest BCUT2D eigenvalue weighted by Gasteiger charge is 2.30. The molecule has 12 nitrogen and oxygen atoms in total. The van der Waals surface area contributed by atoms with Crippen LogP contribution in [-0.4, -0.2) is 29.3 Å². The van der Waals surface area contributed by atoms with Crippen molar-refractivity contribution in [2.75, 3.05) is 0 Å². The number of benzene rings is 2. The second-order valence-electron chi connectivity index (χ2n) is 6.72. The number of nitro groups is 3. The lowest BCUT2D eigenvalue weighted by molar-refractivity contribution is -0.404. The summed E-state index contributed by atoms with van der Waals surface area (Å²) in [5.41, 5.74) is 0.765. The van der Waals surface area contributed by atoms with Crippen molar-refractivity contribution in [2.45, 2.75) is 6.92 Å². The second-order valence-corrected chi connectivity index (χ2v) is 7.56. The Morgan fingerprint density at radius 1 is 0.912 bits per heavy atom. The van der Waals surface area contributed by atoms with Gasteiger partial charge < -0.3 is 9.51 Å². The number of phenolic OH excluding ortho intramolecular Hbond substituents is 1. The Morgan fingerprint density at radius 2 is 1.47 bits per heavy atom. The van der Waals surface area contributed by atoms with Crippen LogP contribution in [0.3, 0.4) is 0 Å². The Balaban J connectivity index is 0.000000192. The molecule has 174 valence electrons. The maximum atomic E-state index is 10.4. The third-order valence-electron chi connectivity index (χ3n) is 4.59. The van der Waals surface area contributed by atoms with E-state index < -0.39 is 37.6 Å². The number of rotatable bonds is 4. The van der Waals surface area contributed by atoms with Gasteiger partial charge in [0.15, 0.2) is 5.65 Å². The molecule has 1 N–H and O–H groups in total. The molecule has 2 aromatic carbocycles. The second kappa shape index (κ2) is 9.68. The van der Waals surface area contributed by atoms with Gasteiger partial charge in [-0.2, -0.15) is 0 Å². The topological polar surface area (TPSA) is 167 Å². The first-order valence-electron chi connectivity index (χ1n) is 9.20. The molecule has 0 radical (unpaired) electrons. The van der Waals surface area contributed by atoms with Gasteiger partial charge in [0.2, 0.25) is 0 Å². The molecule has 2 aromatic heterocycles. The van der Waals surface area contributed by atoms with Gasteiger partial charge in [0.1, 0.15) is 0 Å². The number of nitro benzene ring substituents is 3. The lowest BCUT2D eigenvalue weighted by Gasteiger charge is -2.00. The van der Waals surface area contributed by atoms with Crippen molar-refractivity contribution in [3.05, 3.63) is 101 Å². The SMILES string of the molecule is Cc1c(-c2ccccc2)nc2c(Cl)cc(Cl)cn12.O=[N+]([O-])c1cc([N+](=O)[O-])c(O)c([N+](=O)[O-])c1. The van der Waals surface area contributed by atoms with Crippen LogP contribution in [0.25, 0.3) is 16.9 Å². The number of pyridine rings is 1. The van der Waals surface area contributed by atoms with E-state index in [1.54, 1.807) is 6.07 Å². The van der Waals surface area contributed by atoms with E-state index in [4.69, 9.17) is 28.3 Å². The number of hydrogen-bond acceptors (Lipinski definition) is 8. The Labute approximate surface area is 200 Å². The first-order chi connectivity index (χ1) is 16.0. The van der Waals surface area contributed by atoms with Crippen LogP contribution in [0.15, 0.2) is 54.7 Å². The fraction of sp³-hybridized carbons (Fsp3) is 0.0500. The largest absolute Gasteiger partial charge is 0.497 e. The van der Waals surface area contributed by atoms with E-state index >= 15 is 0 Å². The molecule has 0 saturated heterocycles. The quantitative estimate of drug-likeness (QED) is 0.270. The fourth-order valence-corrected chi connectivity index (χ4v) is 3.54. The lowest BCUT2D eigenvalue weighted by atomic mass is 10.1. The number of aromatic nitrogens is 2. The lowest BCUT2D eigenvalue weighted by Crippen LogP contribution is -1.97. The summed E-state index contributed by atoms with van der Waals surface area (Å²) in [5.74, 6) is -1.21. The molecular formula is C20H13Cl2N5O7. The molecule has 0 aliphatic heterocycles. The summed E-state index contributed by atoms with van der Waals surface area (Å²) in [6.45, 7) is 2.01. The van der Waals surface area contributed by atoms with Gasteiger partial charge in [0.25, 0.3) is 11.4 Å². The van der Waals surface area contributed by atoms with Gasteiger partial charge in [0.05, 0.1) is 42.6 Å². The van der Waals surface area contributed by atoms with Crippen molar-refractivity contribution in [1.82, 2.24) is 9.38 Å². The molecule has 34 heavy (non-hydrogen) atoms. The highest BCUT2D eigenvalue weighted by Crippen LogP contribution is 2.39. The van der Waals surface area contributed by atoms with Gasteiger partial charge in [-0.15, -0.1) is 0 Å². The van der Waals surface area contributed by atoms with E-state index in [9.17, 15) is 30.3 Å². The highest BCUT2D eigenvalue weighted by molar-refractivity contribution is 6.36. The number of imidazole rings is 1. The van der Waals surface area contributed by atoms with Crippen LogP contribution in [0.2, 0.25) is 10.0 Å². The molecular weight excluding hydrogens is 493 g/mol. The fourth-order valence-electron chi connectivity index (χ4n) is 3.03. The van der Waals surface area contributed by atoms with Crippen molar-refractivity contribution >= 4 is 45.9 Å². The van der Waals surface area contributed by atoms with Crippen LogP contribution in [0.5, 0.6) is 5.75 Å². The minimum absolute atomic E-state index is 0.447. The molecule has 0 bridgehead atoms. The maximum absolute atomic E-state index is 10.4. The predicted octanol–water partition coefficient (Wildman–Crippen LogP) is 5.73. The number of non-ortho nitro benzene ring substituents is 1. The van der Waals surface area contributed by atoms with Crippen LogP contribution in [0.4, 0.5) is 17.1 Å². The Hall–Kier alpha value is -4.29. The molecule has 4 aromatic rings. The van der Waals surface area contributed by atoms with Crippen molar-refractivity contribution < 1.29 is 19.9 Å². The third-order valence-corrected chi connectivity index (χ3v) is 5.07. The van der Waals surface area contributed by atoms with Gasteiger partial charge >= 0.3 is 11.4 Å². The number of halogens is 2. The standard InChI is InChI=1S/C14H10Cl2N2.C6H3N3O7/c1-9-13(10-5-3-2-4-6-10)17-14-12(16)7-11(15)8-18(9)14;10-6-4(8(13)14)1-3(7(11)12)2-5(6)9(15)16/h2-8H,1H3;1-2,10H. The summed E-state index contributed by atoms with van der Waals surface area (Å²) in [6, 6.07) is 12.6. The average Bonchev–Trinajstić information content (AvgIpc) is 3.11. The van der Waals surface area contributed by atoms with E-state index in [1.165, 1.54) is 0 Å². The Bertz CT molecular complexity index is 1410. The van der Waals surface area contributed by atoms with Gasteiger partial charge in [-0.25, -0.2) is 4.98 Å². The molecule has 0 fully saturated rings. The van der Waals surface area contributed by atoms with E-state index in [0.29, 0.717) is 22.2 Å². The molecule has 0 amide bonds. The zero-order chi connectivity index (χ0) is 25.2. The Kier molecular flexibility index (Phi) is 6.94. The Morgan fingerprint density at radius 3 is 1.97 bits per heavy atom. The van der Waals surface area contributed by atoms with Crippen LogP contribution in [-0.2, 0) is 0 Å². The molecule has 0 saturated carbocycles. The van der Waals surface area contributed by atoms with Crippen LogP contribution >= 0.6 is 23.2 Å². The summed E-state index contributed by atoms with van der Waals surface area (Å²) in [5, 5.41) is 41.4. The number of phenols is 1. The number of aryl methyl sites for hydroxylation is 1. The van der Waals surface area contributed by atoms with E-state index in [0.717, 1.165) is 22.6 Å². The molecule has 0 atom stereocenters. The first-order valence-corrected chi connectivity index (χ1v) is 9.96. The first kappa shape index (κ1) is 24.4. The molecule has 2 heterocycles. The summed E-state index contributed by atoms with van der Waals surface area (Å²) in [6.07, 6.45) is 1.83. The molecule has 0 spiro atoms. The third kappa shape index (κ3) is 4.87. The van der Waals surface area contributed by atoms with Crippen LogP contribution in [0, 0.1) is 37.3 Å². The van der Waals surface area contributed by atoms with E-state index in [-0.39, 0.29) is 0 Å². The zero-order valence-electron chi connectivity index (χ0n) is 17.1. The summed E-state index contributed by atoms with van der Waals surface area (Å²) >= 11 is 12.2. The highest BCUT2D eigenvalue weighted by atomic mass is 35.5. The average molecular weight is 506 g/mol. The number of fused-ring (bicyclic) bond motifs is 1. The van der Waals surface area contributed by atoms with Crippen molar-refractivity contribution in [2.24, 2.45) is 0 Å². The van der Waals surface area contributed by atoms with E-state index in [2.05, 4.69) is 4.98 Å². The minimum atomic E-state index is -1.21. The van der Waals surface area contributed by atoms with Crippen molar-refractivity contribution in [3.63, 3.8) is 0 Å². The summed E-state index contributed by atoms with van der Waals surface area (Å²) < 4.78 is 1.92. The summed E-state index contributed by atoms with van der Waals surface area (Å²) in [7, 11) is 0.